The monoisotopic (exact) mass is 228 g/mol. The van der Waals surface area contributed by atoms with Gasteiger partial charge in [-0.1, -0.05) is 13.0 Å². The zero-order valence-electron chi connectivity index (χ0n) is 9.90. The van der Waals surface area contributed by atoms with Crippen molar-refractivity contribution in [3.05, 3.63) is 35.7 Å². The highest BCUT2D eigenvalue weighted by molar-refractivity contribution is 5.80. The number of aromatic nitrogens is 3. The minimum absolute atomic E-state index is 0.655. The molecule has 0 saturated carbocycles. The first-order valence-corrected chi connectivity index (χ1v) is 6.00. The zero-order valence-corrected chi connectivity index (χ0v) is 9.90. The van der Waals surface area contributed by atoms with E-state index in [1.807, 2.05) is 0 Å². The molecule has 2 aromatic heterocycles. The lowest BCUT2D eigenvalue weighted by Crippen LogP contribution is -2.02. The molecule has 17 heavy (non-hydrogen) atoms. The summed E-state index contributed by atoms with van der Waals surface area (Å²) in [6, 6.07) is 6.42. The molecule has 0 radical (unpaired) electrons. The molecule has 0 fully saturated rings. The highest BCUT2D eigenvalue weighted by Gasteiger charge is 2.07. The van der Waals surface area contributed by atoms with Crippen LogP contribution in [-0.4, -0.2) is 20.9 Å². The Hall–Kier alpha value is -1.81. The van der Waals surface area contributed by atoms with Crippen LogP contribution in [0, 0.1) is 0 Å². The van der Waals surface area contributed by atoms with Crippen molar-refractivity contribution in [2.75, 3.05) is 6.54 Å². The second kappa shape index (κ2) is 3.89. The van der Waals surface area contributed by atoms with E-state index < -0.39 is 0 Å². The van der Waals surface area contributed by atoms with Gasteiger partial charge in [-0.15, -0.1) is 0 Å². The maximum Gasteiger partial charge on any atom is 0.212 e. The number of nitrogens with zero attached hydrogens (tertiary/aromatic N) is 2. The van der Waals surface area contributed by atoms with Crippen molar-refractivity contribution in [3.8, 4) is 0 Å². The van der Waals surface area contributed by atoms with E-state index in [1.165, 1.54) is 11.1 Å². The van der Waals surface area contributed by atoms with Crippen LogP contribution in [-0.2, 0) is 12.8 Å². The molecule has 0 aliphatic rings. The third-order valence-corrected chi connectivity index (χ3v) is 3.13. The standard InChI is InChI=1S/C13H16N4/c1-2-9-3-4-11-12(7-9)17-8-10(5-6-14)15-13(17)16-11/h3-4,7-8H,2,5-6,14H2,1H3,(H,15,16). The van der Waals surface area contributed by atoms with Crippen molar-refractivity contribution < 1.29 is 0 Å². The number of rotatable bonds is 3. The second-order valence-corrected chi connectivity index (χ2v) is 4.30. The van der Waals surface area contributed by atoms with Gasteiger partial charge in [0.25, 0.3) is 0 Å². The molecule has 2 heterocycles. The van der Waals surface area contributed by atoms with E-state index in [0.717, 1.165) is 29.8 Å². The van der Waals surface area contributed by atoms with Crippen LogP contribution in [0.4, 0.5) is 0 Å². The summed E-state index contributed by atoms with van der Waals surface area (Å²) in [5, 5.41) is 0. The van der Waals surface area contributed by atoms with Crippen LogP contribution >= 0.6 is 0 Å². The molecule has 3 aromatic rings. The lowest BCUT2D eigenvalue weighted by atomic mass is 10.1. The molecule has 3 rings (SSSR count). The lowest BCUT2D eigenvalue weighted by molar-refractivity contribution is 0.936. The first-order chi connectivity index (χ1) is 8.31. The van der Waals surface area contributed by atoms with Gasteiger partial charge in [-0.3, -0.25) is 4.40 Å². The molecule has 4 heteroatoms. The van der Waals surface area contributed by atoms with E-state index >= 15 is 0 Å². The lowest BCUT2D eigenvalue weighted by Gasteiger charge is -1.96. The summed E-state index contributed by atoms with van der Waals surface area (Å²) in [6.45, 7) is 2.82. The van der Waals surface area contributed by atoms with Gasteiger partial charge in [-0.2, -0.15) is 0 Å². The molecule has 1 aromatic carbocycles. The van der Waals surface area contributed by atoms with E-state index in [-0.39, 0.29) is 0 Å². The number of hydrogen-bond acceptors (Lipinski definition) is 2. The molecule has 3 N–H and O–H groups in total. The Morgan fingerprint density at radius 3 is 3.06 bits per heavy atom. The predicted octanol–water partition coefficient (Wildman–Crippen LogP) is 1.88. The third-order valence-electron chi connectivity index (χ3n) is 3.13. The van der Waals surface area contributed by atoms with E-state index in [2.05, 4.69) is 45.7 Å². The molecule has 0 bridgehead atoms. The number of hydrogen-bond donors (Lipinski definition) is 2. The number of imidazole rings is 2. The molecule has 0 saturated heterocycles. The molecule has 88 valence electrons. The number of H-pyrrole nitrogens is 1. The van der Waals surface area contributed by atoms with Crippen LogP contribution in [0.3, 0.4) is 0 Å². The van der Waals surface area contributed by atoms with Gasteiger partial charge in [-0.05, 0) is 30.7 Å². The number of nitrogens with two attached hydrogens (primary N) is 1. The smallest absolute Gasteiger partial charge is 0.212 e. The van der Waals surface area contributed by atoms with Crippen LogP contribution in [0.2, 0.25) is 0 Å². The molecular formula is C13H16N4. The number of nitrogens with one attached hydrogen (secondary N) is 1. The Balaban J connectivity index is 2.23. The van der Waals surface area contributed by atoms with E-state index in [0.29, 0.717) is 6.54 Å². The molecule has 4 nitrogen and oxygen atoms in total. The van der Waals surface area contributed by atoms with E-state index in [4.69, 9.17) is 5.73 Å². The SMILES string of the molecule is CCc1ccc2nc3[nH]c(CCN)cn3c2c1. The van der Waals surface area contributed by atoms with Gasteiger partial charge in [-0.25, -0.2) is 4.98 Å². The van der Waals surface area contributed by atoms with Crippen molar-refractivity contribution in [3.63, 3.8) is 0 Å². The molecular weight excluding hydrogens is 212 g/mol. The van der Waals surface area contributed by atoms with Gasteiger partial charge < -0.3 is 10.7 Å². The maximum absolute atomic E-state index is 5.56. The Labute approximate surface area is 99.5 Å². The first-order valence-electron chi connectivity index (χ1n) is 6.00. The zero-order chi connectivity index (χ0) is 11.8. The van der Waals surface area contributed by atoms with Gasteiger partial charge in [0, 0.05) is 18.3 Å². The fourth-order valence-corrected chi connectivity index (χ4v) is 2.19. The number of aryl methyl sites for hydroxylation is 1. The topological polar surface area (TPSA) is 59.1 Å². The quantitative estimate of drug-likeness (QED) is 0.719. The highest BCUT2D eigenvalue weighted by Crippen LogP contribution is 2.19. The average Bonchev–Trinajstić information content (AvgIpc) is 2.86. The van der Waals surface area contributed by atoms with Gasteiger partial charge in [0.1, 0.15) is 0 Å². The highest BCUT2D eigenvalue weighted by atomic mass is 15.1. The van der Waals surface area contributed by atoms with Crippen molar-refractivity contribution in [1.82, 2.24) is 14.4 Å². The minimum Gasteiger partial charge on any atom is -0.330 e. The minimum atomic E-state index is 0.655. The van der Waals surface area contributed by atoms with Crippen LogP contribution in [0.1, 0.15) is 18.2 Å². The van der Waals surface area contributed by atoms with Crippen molar-refractivity contribution in [1.29, 1.82) is 0 Å². The molecule has 0 aliphatic carbocycles. The molecule has 0 spiro atoms. The molecule has 0 unspecified atom stereocenters. The van der Waals surface area contributed by atoms with Gasteiger partial charge in [0.05, 0.1) is 11.0 Å². The van der Waals surface area contributed by atoms with Crippen LogP contribution in [0.5, 0.6) is 0 Å². The summed E-state index contributed by atoms with van der Waals surface area (Å²) in [7, 11) is 0. The van der Waals surface area contributed by atoms with Gasteiger partial charge >= 0.3 is 0 Å². The Morgan fingerprint density at radius 2 is 2.29 bits per heavy atom. The number of fused-ring (bicyclic) bond motifs is 3. The Kier molecular flexibility index (Phi) is 2.37. The van der Waals surface area contributed by atoms with Crippen molar-refractivity contribution in [2.24, 2.45) is 5.73 Å². The third kappa shape index (κ3) is 1.61. The summed E-state index contributed by atoms with van der Waals surface area (Å²) in [5.41, 5.74) is 10.2. The molecule has 0 aliphatic heterocycles. The predicted molar refractivity (Wildman–Crippen MR) is 69.2 cm³/mol. The fraction of sp³-hybridized carbons (Fsp3) is 0.308. The Morgan fingerprint density at radius 1 is 1.41 bits per heavy atom. The summed E-state index contributed by atoms with van der Waals surface area (Å²) in [4.78, 5) is 7.86. The van der Waals surface area contributed by atoms with Crippen molar-refractivity contribution >= 4 is 16.8 Å². The van der Waals surface area contributed by atoms with Crippen LogP contribution in [0.25, 0.3) is 16.8 Å². The van der Waals surface area contributed by atoms with Crippen LogP contribution < -0.4 is 5.73 Å². The normalized spacial score (nSPS) is 11.6. The molecule has 0 amide bonds. The second-order valence-electron chi connectivity index (χ2n) is 4.30. The summed E-state index contributed by atoms with van der Waals surface area (Å²) >= 11 is 0. The summed E-state index contributed by atoms with van der Waals surface area (Å²) in [6.07, 6.45) is 4.00. The van der Waals surface area contributed by atoms with Gasteiger partial charge in [0.15, 0.2) is 0 Å². The summed E-state index contributed by atoms with van der Waals surface area (Å²) < 4.78 is 2.11. The largest absolute Gasteiger partial charge is 0.330 e. The van der Waals surface area contributed by atoms with E-state index in [1.54, 1.807) is 0 Å². The maximum atomic E-state index is 5.56. The fourth-order valence-electron chi connectivity index (χ4n) is 2.19. The average molecular weight is 228 g/mol. The van der Waals surface area contributed by atoms with Crippen LogP contribution in [0.15, 0.2) is 24.4 Å². The van der Waals surface area contributed by atoms with Gasteiger partial charge in [0.2, 0.25) is 5.78 Å². The first kappa shape index (κ1) is 10.4. The summed E-state index contributed by atoms with van der Waals surface area (Å²) in [5.74, 6) is 0.900. The number of benzene rings is 1. The Bertz CT molecular complexity index is 662. The van der Waals surface area contributed by atoms with E-state index in [9.17, 15) is 0 Å². The van der Waals surface area contributed by atoms with Crippen molar-refractivity contribution in [2.45, 2.75) is 19.8 Å². The molecule has 0 atom stereocenters. The number of aromatic amines is 1.